The molecule has 0 atom stereocenters. The number of ether oxygens (including phenoxy) is 1. The van der Waals surface area contributed by atoms with Crippen LogP contribution in [0.4, 0.5) is 0 Å². The maximum Gasteiger partial charge on any atom is 0.273 e. The van der Waals surface area contributed by atoms with Crippen LogP contribution in [0.5, 0.6) is 5.75 Å². The van der Waals surface area contributed by atoms with Crippen molar-refractivity contribution >= 4 is 45.1 Å². The van der Waals surface area contributed by atoms with E-state index in [0.29, 0.717) is 23.5 Å². The van der Waals surface area contributed by atoms with E-state index in [0.717, 1.165) is 15.6 Å². The van der Waals surface area contributed by atoms with Crippen molar-refractivity contribution in [3.05, 3.63) is 99.5 Å². The van der Waals surface area contributed by atoms with Crippen molar-refractivity contribution in [3.63, 3.8) is 0 Å². The van der Waals surface area contributed by atoms with Gasteiger partial charge in [-0.1, -0.05) is 64.5 Å². The Morgan fingerprint density at radius 3 is 2.39 bits per heavy atom. The number of benzene rings is 3. The number of amides is 2. The largest absolute Gasteiger partial charge is 0.488 e. The molecule has 0 aliphatic rings. The Labute approximate surface area is 194 Å². The predicted molar refractivity (Wildman–Crippen MR) is 127 cm³/mol. The minimum absolute atomic E-state index is 0.0299. The van der Waals surface area contributed by atoms with Crippen LogP contribution in [0, 0.1) is 6.92 Å². The molecule has 0 aliphatic carbocycles. The molecular formula is C23H20BrN3O3S. The van der Waals surface area contributed by atoms with Gasteiger partial charge in [-0.25, -0.2) is 0 Å². The van der Waals surface area contributed by atoms with Crippen molar-refractivity contribution in [2.45, 2.75) is 13.5 Å². The first-order chi connectivity index (χ1) is 14.9. The number of hydrogen-bond acceptors (Lipinski definition) is 4. The van der Waals surface area contributed by atoms with Gasteiger partial charge in [0.1, 0.15) is 12.4 Å². The van der Waals surface area contributed by atoms with Crippen LogP contribution in [0.25, 0.3) is 0 Å². The first-order valence-corrected chi connectivity index (χ1v) is 10.6. The van der Waals surface area contributed by atoms with Gasteiger partial charge in [0.15, 0.2) is 5.11 Å². The fourth-order valence-electron chi connectivity index (χ4n) is 2.64. The standard InChI is InChI=1S/C23H20BrN3O3S/c1-15-11-12-17(13-19(15)24)21(28)25-23(31)27-26-22(29)18-9-5-6-10-20(18)30-14-16-7-3-2-4-8-16/h2-13H,14H2,1H3,(H,26,29)(H2,25,27,28,31). The first-order valence-electron chi connectivity index (χ1n) is 9.37. The van der Waals surface area contributed by atoms with Crippen LogP contribution in [0.1, 0.15) is 31.8 Å². The number of rotatable bonds is 5. The third kappa shape index (κ3) is 6.37. The molecule has 2 amide bonds. The number of hydrogen-bond donors (Lipinski definition) is 3. The molecule has 0 aromatic heterocycles. The molecule has 158 valence electrons. The molecule has 0 saturated heterocycles. The van der Waals surface area contributed by atoms with Gasteiger partial charge in [0.05, 0.1) is 5.56 Å². The van der Waals surface area contributed by atoms with Crippen molar-refractivity contribution < 1.29 is 14.3 Å². The van der Waals surface area contributed by atoms with E-state index < -0.39 is 5.91 Å². The summed E-state index contributed by atoms with van der Waals surface area (Å²) in [6.07, 6.45) is 0. The molecule has 3 aromatic carbocycles. The molecule has 0 saturated carbocycles. The molecule has 3 rings (SSSR count). The quantitative estimate of drug-likeness (QED) is 0.362. The zero-order valence-corrected chi connectivity index (χ0v) is 19.0. The van der Waals surface area contributed by atoms with Gasteiger partial charge in [0.25, 0.3) is 11.8 Å². The zero-order chi connectivity index (χ0) is 22.2. The highest BCUT2D eigenvalue weighted by molar-refractivity contribution is 9.10. The Bertz CT molecular complexity index is 1110. The normalized spacial score (nSPS) is 10.1. The van der Waals surface area contributed by atoms with Crippen molar-refractivity contribution in [2.75, 3.05) is 0 Å². The van der Waals surface area contributed by atoms with E-state index in [1.54, 1.807) is 36.4 Å². The number of halogens is 1. The van der Waals surface area contributed by atoms with Crippen LogP contribution in [-0.4, -0.2) is 16.9 Å². The molecule has 0 radical (unpaired) electrons. The highest BCUT2D eigenvalue weighted by Gasteiger charge is 2.14. The fourth-order valence-corrected chi connectivity index (χ4v) is 3.16. The second-order valence-corrected chi connectivity index (χ2v) is 7.86. The lowest BCUT2D eigenvalue weighted by molar-refractivity contribution is 0.0930. The van der Waals surface area contributed by atoms with Crippen molar-refractivity contribution in [3.8, 4) is 5.75 Å². The van der Waals surface area contributed by atoms with E-state index in [1.807, 2.05) is 43.3 Å². The van der Waals surface area contributed by atoms with Crippen molar-refractivity contribution in [1.29, 1.82) is 0 Å². The average molecular weight is 498 g/mol. The molecule has 6 nitrogen and oxygen atoms in total. The van der Waals surface area contributed by atoms with Crippen LogP contribution in [-0.2, 0) is 6.61 Å². The van der Waals surface area contributed by atoms with E-state index in [4.69, 9.17) is 17.0 Å². The van der Waals surface area contributed by atoms with Crippen LogP contribution < -0.4 is 20.9 Å². The van der Waals surface area contributed by atoms with Gasteiger partial charge in [-0.3, -0.25) is 25.8 Å². The minimum atomic E-state index is -0.446. The van der Waals surface area contributed by atoms with Crippen molar-refractivity contribution in [2.24, 2.45) is 0 Å². The van der Waals surface area contributed by atoms with Crippen LogP contribution in [0.3, 0.4) is 0 Å². The topological polar surface area (TPSA) is 79.5 Å². The molecule has 0 aliphatic heterocycles. The summed E-state index contributed by atoms with van der Waals surface area (Å²) in [7, 11) is 0. The van der Waals surface area contributed by atoms with Crippen LogP contribution in [0.15, 0.2) is 77.3 Å². The van der Waals surface area contributed by atoms with E-state index in [9.17, 15) is 9.59 Å². The monoisotopic (exact) mass is 497 g/mol. The zero-order valence-electron chi connectivity index (χ0n) is 16.6. The number of thiocarbonyl (C=S) groups is 1. The SMILES string of the molecule is Cc1ccc(C(=O)NC(=S)NNC(=O)c2ccccc2OCc2ccccc2)cc1Br. The predicted octanol–water partition coefficient (Wildman–Crippen LogP) is 4.29. The number of hydrazine groups is 1. The van der Waals surface area contributed by atoms with Gasteiger partial charge in [0, 0.05) is 10.0 Å². The summed E-state index contributed by atoms with van der Waals surface area (Å²) < 4.78 is 6.62. The molecule has 0 bridgehead atoms. The third-order valence-electron chi connectivity index (χ3n) is 4.32. The number of aryl methyl sites for hydroxylation is 1. The van der Waals surface area contributed by atoms with E-state index in [2.05, 4.69) is 32.1 Å². The summed E-state index contributed by atoms with van der Waals surface area (Å²) >= 11 is 8.50. The lowest BCUT2D eigenvalue weighted by Crippen LogP contribution is -2.48. The fraction of sp³-hybridized carbons (Fsp3) is 0.0870. The second-order valence-electron chi connectivity index (χ2n) is 6.60. The molecule has 0 unspecified atom stereocenters. The number of carbonyl (C=O) groups excluding carboxylic acids is 2. The maximum absolute atomic E-state index is 12.6. The number of para-hydroxylation sites is 1. The lowest BCUT2D eigenvalue weighted by Gasteiger charge is -2.14. The summed E-state index contributed by atoms with van der Waals surface area (Å²) in [5, 5.41) is 2.50. The highest BCUT2D eigenvalue weighted by atomic mass is 79.9. The van der Waals surface area contributed by atoms with E-state index in [1.165, 1.54) is 0 Å². The summed E-state index contributed by atoms with van der Waals surface area (Å²) in [6.45, 7) is 2.26. The van der Waals surface area contributed by atoms with Gasteiger partial charge >= 0.3 is 0 Å². The Hall–Kier alpha value is -3.23. The number of carbonyl (C=O) groups is 2. The van der Waals surface area contributed by atoms with Crippen LogP contribution >= 0.6 is 28.1 Å². The van der Waals surface area contributed by atoms with Gasteiger partial charge < -0.3 is 4.74 Å². The van der Waals surface area contributed by atoms with Gasteiger partial charge in [-0.2, -0.15) is 0 Å². The van der Waals surface area contributed by atoms with E-state index in [-0.39, 0.29) is 11.0 Å². The molecule has 3 N–H and O–H groups in total. The van der Waals surface area contributed by atoms with Crippen LogP contribution in [0.2, 0.25) is 0 Å². The Morgan fingerprint density at radius 1 is 0.935 bits per heavy atom. The Morgan fingerprint density at radius 2 is 1.65 bits per heavy atom. The molecule has 3 aromatic rings. The summed E-state index contributed by atoms with van der Waals surface area (Å²) in [5.41, 5.74) is 7.80. The molecule has 8 heteroatoms. The van der Waals surface area contributed by atoms with Gasteiger partial charge in [0.2, 0.25) is 0 Å². The Balaban J connectivity index is 1.56. The second kappa shape index (κ2) is 10.7. The summed E-state index contributed by atoms with van der Waals surface area (Å²) in [5.74, 6) is -0.400. The molecule has 31 heavy (non-hydrogen) atoms. The van der Waals surface area contributed by atoms with Gasteiger partial charge in [-0.05, 0) is 54.5 Å². The smallest absolute Gasteiger partial charge is 0.273 e. The Kier molecular flexibility index (Phi) is 7.75. The van der Waals surface area contributed by atoms with E-state index >= 15 is 0 Å². The first kappa shape index (κ1) is 22.5. The lowest BCUT2D eigenvalue weighted by atomic mass is 10.1. The number of nitrogens with one attached hydrogen (secondary N) is 3. The molecule has 0 heterocycles. The minimum Gasteiger partial charge on any atom is -0.488 e. The molecule has 0 spiro atoms. The van der Waals surface area contributed by atoms with Crippen molar-refractivity contribution in [1.82, 2.24) is 16.2 Å². The molecular weight excluding hydrogens is 478 g/mol. The summed E-state index contributed by atoms with van der Waals surface area (Å²) in [4.78, 5) is 24.9. The average Bonchev–Trinajstić information content (AvgIpc) is 2.78. The molecule has 0 fully saturated rings. The van der Waals surface area contributed by atoms with Gasteiger partial charge in [-0.15, -0.1) is 0 Å². The highest BCUT2D eigenvalue weighted by Crippen LogP contribution is 2.19. The third-order valence-corrected chi connectivity index (χ3v) is 5.38. The maximum atomic E-state index is 12.6. The summed E-state index contributed by atoms with van der Waals surface area (Å²) in [6, 6.07) is 21.8.